The molecule has 0 spiro atoms. The Morgan fingerprint density at radius 3 is 2.78 bits per heavy atom. The van der Waals surface area contributed by atoms with Crippen LogP contribution >= 0.6 is 15.9 Å². The highest BCUT2D eigenvalue weighted by Gasteiger charge is 2.08. The quantitative estimate of drug-likeness (QED) is 0.943. The van der Waals surface area contributed by atoms with Crippen molar-refractivity contribution in [2.45, 2.75) is 6.61 Å². The lowest BCUT2D eigenvalue weighted by molar-refractivity contribution is 0.282. The van der Waals surface area contributed by atoms with Gasteiger partial charge in [0.25, 0.3) is 0 Å². The molecule has 4 nitrogen and oxygen atoms in total. The molecule has 0 aliphatic rings. The van der Waals surface area contributed by atoms with Crippen molar-refractivity contribution in [3.8, 4) is 11.5 Å². The van der Waals surface area contributed by atoms with Gasteiger partial charge >= 0.3 is 0 Å². The number of para-hydroxylation sites is 1. The summed E-state index contributed by atoms with van der Waals surface area (Å²) < 4.78 is 11.8. The number of nitrogens with zero attached hydrogens (tertiary/aromatic N) is 1. The molecule has 0 aliphatic carbocycles. The van der Waals surface area contributed by atoms with Crippen LogP contribution in [-0.2, 0) is 6.61 Å². The van der Waals surface area contributed by atoms with Gasteiger partial charge in [0.1, 0.15) is 12.4 Å². The molecule has 0 radical (unpaired) electrons. The third-order valence-corrected chi connectivity index (χ3v) is 3.01. The van der Waals surface area contributed by atoms with E-state index in [0.717, 1.165) is 10.0 Å². The largest absolute Gasteiger partial charge is 0.493 e. The van der Waals surface area contributed by atoms with E-state index in [9.17, 15) is 0 Å². The Morgan fingerprint density at radius 2 is 2.11 bits per heavy atom. The Hall–Kier alpha value is -1.75. The van der Waals surface area contributed by atoms with Crippen LogP contribution < -0.4 is 15.2 Å². The Balaban J connectivity index is 2.12. The first-order chi connectivity index (χ1) is 8.70. The van der Waals surface area contributed by atoms with E-state index >= 15 is 0 Å². The summed E-state index contributed by atoms with van der Waals surface area (Å²) in [4.78, 5) is 4.01. The molecule has 0 aliphatic heterocycles. The van der Waals surface area contributed by atoms with Gasteiger partial charge in [0, 0.05) is 11.8 Å². The van der Waals surface area contributed by atoms with Crippen LogP contribution in [0.4, 0.5) is 5.82 Å². The van der Waals surface area contributed by atoms with E-state index < -0.39 is 0 Å². The lowest BCUT2D eigenvalue weighted by Crippen LogP contribution is -1.99. The Kier molecular flexibility index (Phi) is 4.04. The highest BCUT2D eigenvalue weighted by atomic mass is 79.9. The molecule has 1 aromatic carbocycles. The molecule has 2 aromatic rings. The molecule has 0 fully saturated rings. The fraction of sp³-hybridized carbons (Fsp3) is 0.154. The maximum Gasteiger partial charge on any atom is 0.175 e. The minimum Gasteiger partial charge on any atom is -0.493 e. The SMILES string of the molecule is COc1cccc(Br)c1OCc1ccc(N)nc1. The first-order valence-corrected chi connectivity index (χ1v) is 6.15. The molecule has 2 rings (SSSR count). The summed E-state index contributed by atoms with van der Waals surface area (Å²) in [5.41, 5.74) is 6.47. The number of hydrogen-bond acceptors (Lipinski definition) is 4. The Bertz CT molecular complexity index is 529. The lowest BCUT2D eigenvalue weighted by Gasteiger charge is -2.12. The number of nitrogens with two attached hydrogens (primary N) is 1. The molecular formula is C13H13BrN2O2. The smallest absolute Gasteiger partial charge is 0.175 e. The van der Waals surface area contributed by atoms with E-state index in [2.05, 4.69) is 20.9 Å². The van der Waals surface area contributed by atoms with E-state index in [1.54, 1.807) is 19.4 Å². The monoisotopic (exact) mass is 308 g/mol. The zero-order valence-electron chi connectivity index (χ0n) is 9.89. The second kappa shape index (κ2) is 5.73. The first kappa shape index (κ1) is 12.7. The Morgan fingerprint density at radius 1 is 1.28 bits per heavy atom. The van der Waals surface area contributed by atoms with Crippen molar-refractivity contribution in [3.63, 3.8) is 0 Å². The Labute approximate surface area is 114 Å². The van der Waals surface area contributed by atoms with Gasteiger partial charge in [-0.3, -0.25) is 0 Å². The molecule has 0 saturated carbocycles. The summed E-state index contributed by atoms with van der Waals surface area (Å²) in [7, 11) is 1.61. The van der Waals surface area contributed by atoms with Gasteiger partial charge in [-0.25, -0.2) is 4.98 Å². The summed E-state index contributed by atoms with van der Waals surface area (Å²) >= 11 is 3.43. The molecule has 18 heavy (non-hydrogen) atoms. The number of hydrogen-bond donors (Lipinski definition) is 1. The molecular weight excluding hydrogens is 296 g/mol. The molecule has 2 N–H and O–H groups in total. The van der Waals surface area contributed by atoms with Crippen LogP contribution in [0.15, 0.2) is 41.0 Å². The van der Waals surface area contributed by atoms with Crippen molar-refractivity contribution in [1.82, 2.24) is 4.98 Å². The third kappa shape index (κ3) is 2.92. The fourth-order valence-corrected chi connectivity index (χ4v) is 1.93. The summed E-state index contributed by atoms with van der Waals surface area (Å²) in [6.45, 7) is 0.409. The van der Waals surface area contributed by atoms with Crippen LogP contribution in [0, 0.1) is 0 Å². The van der Waals surface area contributed by atoms with Gasteiger partial charge in [0.05, 0.1) is 11.6 Å². The molecule has 94 valence electrons. The molecule has 0 saturated heterocycles. The maximum atomic E-state index is 5.73. The number of pyridine rings is 1. The molecule has 0 bridgehead atoms. The van der Waals surface area contributed by atoms with Gasteiger partial charge in [-0.2, -0.15) is 0 Å². The predicted octanol–water partition coefficient (Wildman–Crippen LogP) is 3.01. The van der Waals surface area contributed by atoms with E-state index in [1.807, 2.05) is 24.3 Å². The van der Waals surface area contributed by atoms with Gasteiger partial charge in [-0.05, 0) is 34.1 Å². The number of rotatable bonds is 4. The van der Waals surface area contributed by atoms with Crippen LogP contribution in [0.1, 0.15) is 5.56 Å². The van der Waals surface area contributed by atoms with Gasteiger partial charge < -0.3 is 15.2 Å². The van der Waals surface area contributed by atoms with Crippen molar-refractivity contribution in [3.05, 3.63) is 46.6 Å². The van der Waals surface area contributed by atoms with Crippen molar-refractivity contribution in [1.29, 1.82) is 0 Å². The minimum atomic E-state index is 0.409. The number of ether oxygens (including phenoxy) is 2. The predicted molar refractivity (Wildman–Crippen MR) is 73.7 cm³/mol. The van der Waals surface area contributed by atoms with Gasteiger partial charge in [-0.1, -0.05) is 12.1 Å². The summed E-state index contributed by atoms with van der Waals surface area (Å²) in [6.07, 6.45) is 1.69. The topological polar surface area (TPSA) is 57.4 Å². The standard InChI is InChI=1S/C13H13BrN2O2/c1-17-11-4-2-3-10(14)13(11)18-8-9-5-6-12(15)16-7-9/h2-7H,8H2,1H3,(H2,15,16). The molecule has 1 aromatic heterocycles. The van der Waals surface area contributed by atoms with Gasteiger partial charge in [0.15, 0.2) is 11.5 Å². The average Bonchev–Trinajstić information content (AvgIpc) is 2.39. The molecule has 0 amide bonds. The van der Waals surface area contributed by atoms with Crippen molar-refractivity contribution in [2.75, 3.05) is 12.8 Å². The summed E-state index contributed by atoms with van der Waals surface area (Å²) in [5, 5.41) is 0. The maximum absolute atomic E-state index is 5.73. The van der Waals surface area contributed by atoms with Crippen LogP contribution in [0.2, 0.25) is 0 Å². The second-order valence-electron chi connectivity index (χ2n) is 3.65. The van der Waals surface area contributed by atoms with Crippen LogP contribution in [0.25, 0.3) is 0 Å². The average molecular weight is 309 g/mol. The molecule has 0 atom stereocenters. The van der Waals surface area contributed by atoms with E-state index in [0.29, 0.717) is 23.9 Å². The van der Waals surface area contributed by atoms with Crippen molar-refractivity contribution in [2.24, 2.45) is 0 Å². The molecule has 1 heterocycles. The van der Waals surface area contributed by atoms with Crippen LogP contribution in [0.3, 0.4) is 0 Å². The zero-order chi connectivity index (χ0) is 13.0. The highest BCUT2D eigenvalue weighted by Crippen LogP contribution is 2.35. The normalized spacial score (nSPS) is 10.1. The minimum absolute atomic E-state index is 0.409. The number of anilines is 1. The van der Waals surface area contributed by atoms with Gasteiger partial charge in [0.2, 0.25) is 0 Å². The van der Waals surface area contributed by atoms with E-state index in [1.165, 1.54) is 0 Å². The third-order valence-electron chi connectivity index (χ3n) is 2.38. The zero-order valence-corrected chi connectivity index (χ0v) is 11.5. The molecule has 5 heteroatoms. The number of methoxy groups -OCH3 is 1. The van der Waals surface area contributed by atoms with Crippen LogP contribution in [-0.4, -0.2) is 12.1 Å². The second-order valence-corrected chi connectivity index (χ2v) is 4.51. The number of halogens is 1. The van der Waals surface area contributed by atoms with E-state index in [4.69, 9.17) is 15.2 Å². The van der Waals surface area contributed by atoms with Crippen LogP contribution in [0.5, 0.6) is 11.5 Å². The number of benzene rings is 1. The summed E-state index contributed by atoms with van der Waals surface area (Å²) in [6, 6.07) is 9.27. The number of nitrogen functional groups attached to an aromatic ring is 1. The van der Waals surface area contributed by atoms with Crippen molar-refractivity contribution >= 4 is 21.7 Å². The van der Waals surface area contributed by atoms with E-state index in [-0.39, 0.29) is 0 Å². The number of aromatic nitrogens is 1. The fourth-order valence-electron chi connectivity index (χ4n) is 1.47. The lowest BCUT2D eigenvalue weighted by atomic mass is 10.3. The van der Waals surface area contributed by atoms with Gasteiger partial charge in [-0.15, -0.1) is 0 Å². The van der Waals surface area contributed by atoms with Crippen molar-refractivity contribution < 1.29 is 9.47 Å². The molecule has 0 unspecified atom stereocenters. The highest BCUT2D eigenvalue weighted by molar-refractivity contribution is 9.10. The summed E-state index contributed by atoms with van der Waals surface area (Å²) in [5.74, 6) is 1.86. The first-order valence-electron chi connectivity index (χ1n) is 5.36.